The van der Waals surface area contributed by atoms with Gasteiger partial charge in [-0.25, -0.2) is 0 Å². The second kappa shape index (κ2) is 4.62. The monoisotopic (exact) mass is 214 g/mol. The predicted molar refractivity (Wildman–Crippen MR) is 68.3 cm³/mol. The molecule has 0 amide bonds. The minimum absolute atomic E-state index is 0.0632. The number of fused-ring (bicyclic) bond motifs is 1. The molecule has 0 aliphatic rings. The molecule has 2 heteroatoms. The number of hydrogen-bond acceptors (Lipinski definition) is 2. The Labute approximate surface area is 96.5 Å². The van der Waals surface area contributed by atoms with Crippen LogP contribution in [0.2, 0.25) is 0 Å². The van der Waals surface area contributed by atoms with Crippen molar-refractivity contribution in [3.05, 3.63) is 41.6 Å². The number of rotatable bonds is 3. The smallest absolute Gasteiger partial charge is 0.0708 e. The summed E-state index contributed by atoms with van der Waals surface area (Å²) < 4.78 is 0. The first kappa shape index (κ1) is 11.1. The van der Waals surface area contributed by atoms with Crippen LogP contribution in [0.3, 0.4) is 0 Å². The molecule has 0 fully saturated rings. The largest absolute Gasteiger partial charge is 0.323 e. The average Bonchev–Trinajstić information content (AvgIpc) is 2.29. The average molecular weight is 214 g/mol. The summed E-state index contributed by atoms with van der Waals surface area (Å²) in [5.41, 5.74) is 9.42. The lowest BCUT2D eigenvalue weighted by atomic mass is 10.0. The Kier molecular flexibility index (Phi) is 3.20. The van der Waals surface area contributed by atoms with E-state index in [0.717, 1.165) is 24.1 Å². The molecule has 0 aliphatic heterocycles. The van der Waals surface area contributed by atoms with Crippen molar-refractivity contribution >= 4 is 10.9 Å². The van der Waals surface area contributed by atoms with E-state index >= 15 is 0 Å². The number of pyridine rings is 1. The molecule has 0 aliphatic carbocycles. The molecule has 0 unspecified atom stereocenters. The van der Waals surface area contributed by atoms with Gasteiger partial charge in [0.2, 0.25) is 0 Å². The first-order chi connectivity index (χ1) is 7.72. The molecular formula is C14H18N2. The van der Waals surface area contributed by atoms with Gasteiger partial charge in [0.1, 0.15) is 0 Å². The summed E-state index contributed by atoms with van der Waals surface area (Å²) in [5, 5.41) is 1.22. The van der Waals surface area contributed by atoms with E-state index in [2.05, 4.69) is 31.0 Å². The zero-order valence-electron chi connectivity index (χ0n) is 9.90. The Morgan fingerprint density at radius 1 is 1.31 bits per heavy atom. The molecule has 0 spiro atoms. The van der Waals surface area contributed by atoms with Gasteiger partial charge < -0.3 is 5.73 Å². The molecule has 0 saturated heterocycles. The second-order valence-corrected chi connectivity index (χ2v) is 4.28. The van der Waals surface area contributed by atoms with Gasteiger partial charge in [-0.2, -0.15) is 0 Å². The molecular weight excluding hydrogens is 196 g/mol. The fourth-order valence-corrected chi connectivity index (χ4v) is 2.02. The molecule has 0 saturated carbocycles. The van der Waals surface area contributed by atoms with Crippen molar-refractivity contribution in [1.29, 1.82) is 0 Å². The zero-order chi connectivity index (χ0) is 11.5. The minimum atomic E-state index is 0.0632. The maximum absolute atomic E-state index is 6.10. The predicted octanol–water partition coefficient (Wildman–Crippen LogP) is 3.34. The number of aryl methyl sites for hydroxylation is 1. The van der Waals surface area contributed by atoms with Crippen molar-refractivity contribution in [3.8, 4) is 0 Å². The van der Waals surface area contributed by atoms with Gasteiger partial charge in [0.15, 0.2) is 0 Å². The lowest BCUT2D eigenvalue weighted by Crippen LogP contribution is -2.12. The number of aromatic nitrogens is 1. The van der Waals surface area contributed by atoms with Gasteiger partial charge in [-0.15, -0.1) is 0 Å². The van der Waals surface area contributed by atoms with Crippen LogP contribution in [-0.2, 0) is 0 Å². The molecule has 16 heavy (non-hydrogen) atoms. The quantitative estimate of drug-likeness (QED) is 0.851. The first-order valence-electron chi connectivity index (χ1n) is 5.84. The van der Waals surface area contributed by atoms with Crippen LogP contribution >= 0.6 is 0 Å². The summed E-state index contributed by atoms with van der Waals surface area (Å²) in [5.74, 6) is 0. The highest BCUT2D eigenvalue weighted by atomic mass is 14.8. The normalized spacial score (nSPS) is 12.9. The molecule has 1 aromatic heterocycles. The third kappa shape index (κ3) is 2.07. The highest BCUT2D eigenvalue weighted by Gasteiger charge is 2.08. The molecule has 0 bridgehead atoms. The summed E-state index contributed by atoms with van der Waals surface area (Å²) in [6.45, 7) is 4.26. The maximum Gasteiger partial charge on any atom is 0.0708 e. The Morgan fingerprint density at radius 2 is 2.06 bits per heavy atom. The van der Waals surface area contributed by atoms with Crippen molar-refractivity contribution < 1.29 is 0 Å². The fourth-order valence-electron chi connectivity index (χ4n) is 2.02. The lowest BCUT2D eigenvalue weighted by molar-refractivity contribution is 0.623. The summed E-state index contributed by atoms with van der Waals surface area (Å²) in [4.78, 5) is 4.63. The Morgan fingerprint density at radius 3 is 2.81 bits per heavy atom. The molecule has 2 aromatic rings. The molecule has 1 heterocycles. The van der Waals surface area contributed by atoms with Crippen molar-refractivity contribution in [2.75, 3.05) is 0 Å². The maximum atomic E-state index is 6.10. The van der Waals surface area contributed by atoms with Gasteiger partial charge in [0.05, 0.1) is 11.2 Å². The van der Waals surface area contributed by atoms with Crippen LogP contribution in [0.25, 0.3) is 10.9 Å². The SMILES string of the molecule is CCC[C@H](N)c1cc(C)c2ccccc2n1. The van der Waals surface area contributed by atoms with Crippen LogP contribution in [0.15, 0.2) is 30.3 Å². The van der Waals surface area contributed by atoms with Gasteiger partial charge in [-0.1, -0.05) is 31.5 Å². The van der Waals surface area contributed by atoms with Crippen LogP contribution < -0.4 is 5.73 Å². The number of nitrogens with two attached hydrogens (primary N) is 1. The van der Waals surface area contributed by atoms with Crippen molar-refractivity contribution in [2.45, 2.75) is 32.7 Å². The summed E-state index contributed by atoms with van der Waals surface area (Å²) in [7, 11) is 0. The van der Waals surface area contributed by atoms with E-state index in [4.69, 9.17) is 5.73 Å². The third-order valence-corrected chi connectivity index (χ3v) is 2.92. The van der Waals surface area contributed by atoms with Crippen LogP contribution in [0.5, 0.6) is 0 Å². The van der Waals surface area contributed by atoms with E-state index in [1.807, 2.05) is 18.2 Å². The number of benzene rings is 1. The standard InChI is InChI=1S/C14H18N2/c1-3-6-12(15)14-9-10(2)11-7-4-5-8-13(11)16-14/h4-5,7-9,12H,3,6,15H2,1-2H3/t12-/m0/s1. The van der Waals surface area contributed by atoms with E-state index in [9.17, 15) is 0 Å². The van der Waals surface area contributed by atoms with E-state index < -0.39 is 0 Å². The van der Waals surface area contributed by atoms with Gasteiger partial charge in [-0.05, 0) is 31.0 Å². The number of hydrogen-bond donors (Lipinski definition) is 1. The van der Waals surface area contributed by atoms with E-state index in [0.29, 0.717) is 0 Å². The summed E-state index contributed by atoms with van der Waals surface area (Å²) in [6, 6.07) is 10.4. The third-order valence-electron chi connectivity index (χ3n) is 2.92. The Hall–Kier alpha value is -1.41. The molecule has 0 radical (unpaired) electrons. The number of nitrogens with zero attached hydrogens (tertiary/aromatic N) is 1. The second-order valence-electron chi connectivity index (χ2n) is 4.28. The van der Waals surface area contributed by atoms with Crippen LogP contribution in [0.1, 0.15) is 37.1 Å². The van der Waals surface area contributed by atoms with Crippen LogP contribution in [-0.4, -0.2) is 4.98 Å². The summed E-state index contributed by atoms with van der Waals surface area (Å²) >= 11 is 0. The van der Waals surface area contributed by atoms with E-state index in [-0.39, 0.29) is 6.04 Å². The molecule has 2 N–H and O–H groups in total. The zero-order valence-corrected chi connectivity index (χ0v) is 9.90. The molecule has 1 atom stereocenters. The lowest BCUT2D eigenvalue weighted by Gasteiger charge is -2.12. The summed E-state index contributed by atoms with van der Waals surface area (Å²) in [6.07, 6.45) is 2.08. The topological polar surface area (TPSA) is 38.9 Å². The molecule has 2 nitrogen and oxygen atoms in total. The van der Waals surface area contributed by atoms with Gasteiger partial charge in [-0.3, -0.25) is 4.98 Å². The minimum Gasteiger partial charge on any atom is -0.323 e. The van der Waals surface area contributed by atoms with E-state index in [1.54, 1.807) is 0 Å². The van der Waals surface area contributed by atoms with E-state index in [1.165, 1.54) is 10.9 Å². The Balaban J connectivity index is 2.49. The highest BCUT2D eigenvalue weighted by Crippen LogP contribution is 2.21. The Bertz CT molecular complexity index is 491. The van der Waals surface area contributed by atoms with Crippen LogP contribution in [0, 0.1) is 6.92 Å². The fraction of sp³-hybridized carbons (Fsp3) is 0.357. The van der Waals surface area contributed by atoms with Crippen molar-refractivity contribution in [2.24, 2.45) is 5.73 Å². The van der Waals surface area contributed by atoms with Crippen LogP contribution in [0.4, 0.5) is 0 Å². The van der Waals surface area contributed by atoms with Crippen molar-refractivity contribution in [1.82, 2.24) is 4.98 Å². The van der Waals surface area contributed by atoms with Gasteiger partial charge in [0, 0.05) is 11.4 Å². The molecule has 1 aromatic carbocycles. The van der Waals surface area contributed by atoms with Gasteiger partial charge >= 0.3 is 0 Å². The molecule has 84 valence electrons. The highest BCUT2D eigenvalue weighted by molar-refractivity contribution is 5.82. The first-order valence-corrected chi connectivity index (χ1v) is 5.84. The van der Waals surface area contributed by atoms with Crippen molar-refractivity contribution in [3.63, 3.8) is 0 Å². The van der Waals surface area contributed by atoms with Gasteiger partial charge in [0.25, 0.3) is 0 Å². The number of para-hydroxylation sites is 1. The molecule has 2 rings (SSSR count).